The Morgan fingerprint density at radius 1 is 1.38 bits per heavy atom. The molecule has 1 fully saturated rings. The summed E-state index contributed by atoms with van der Waals surface area (Å²) in [7, 11) is -2.41. The van der Waals surface area contributed by atoms with Crippen LogP contribution < -0.4 is 11.2 Å². The number of H-pyrrole nitrogens is 1. The van der Waals surface area contributed by atoms with Crippen molar-refractivity contribution in [3.05, 3.63) is 32.6 Å². The van der Waals surface area contributed by atoms with Crippen molar-refractivity contribution in [1.82, 2.24) is 9.55 Å². The number of hydrogen-bond donors (Lipinski definition) is 1. The van der Waals surface area contributed by atoms with Gasteiger partial charge in [0.25, 0.3) is 15.7 Å². The third-order valence-electron chi connectivity index (χ3n) is 4.89. The predicted octanol–water partition coefficient (Wildman–Crippen LogP) is 0.538. The first-order valence-electron chi connectivity index (χ1n) is 8.37. The molecule has 0 saturated carbocycles. The number of ether oxygens (including phenoxy) is 2. The summed E-state index contributed by atoms with van der Waals surface area (Å²) in [6.07, 6.45) is -0.102. The second kappa shape index (κ2) is 7.26. The van der Waals surface area contributed by atoms with E-state index in [1.165, 1.54) is 13.3 Å². The highest BCUT2D eigenvalue weighted by Gasteiger charge is 2.58. The van der Waals surface area contributed by atoms with E-state index < -0.39 is 45.4 Å². The molecular weight excluding hydrogens is 364 g/mol. The van der Waals surface area contributed by atoms with E-state index in [1.54, 1.807) is 6.92 Å². The average Bonchev–Trinajstić information content (AvgIpc) is 2.83. The molecule has 1 aliphatic heterocycles. The zero-order valence-electron chi connectivity index (χ0n) is 15.8. The van der Waals surface area contributed by atoms with Gasteiger partial charge in [0.15, 0.2) is 12.3 Å². The molecule has 2 heterocycles. The maximum absolute atomic E-state index is 12.3. The molecule has 0 unspecified atom stereocenters. The van der Waals surface area contributed by atoms with Gasteiger partial charge in [0.2, 0.25) is 0 Å². The van der Waals surface area contributed by atoms with Crippen molar-refractivity contribution in [1.29, 1.82) is 0 Å². The first-order valence-corrected chi connectivity index (χ1v) is 10.2. The summed E-state index contributed by atoms with van der Waals surface area (Å²) < 4.78 is 41.9. The van der Waals surface area contributed by atoms with Crippen molar-refractivity contribution in [3.63, 3.8) is 0 Å². The van der Waals surface area contributed by atoms with Gasteiger partial charge in [-0.15, -0.1) is 0 Å². The summed E-state index contributed by atoms with van der Waals surface area (Å²) in [5.41, 5.74) is -1.80. The van der Waals surface area contributed by atoms with E-state index in [9.17, 15) is 18.0 Å². The Balaban J connectivity index is 2.67. The topological polar surface area (TPSA) is 117 Å². The lowest BCUT2D eigenvalue weighted by Crippen LogP contribution is -2.49. The second-order valence-corrected chi connectivity index (χ2v) is 8.47. The van der Waals surface area contributed by atoms with Crippen molar-refractivity contribution < 1.29 is 22.1 Å². The Hall–Kier alpha value is -1.49. The summed E-state index contributed by atoms with van der Waals surface area (Å²) >= 11 is 0. The van der Waals surface area contributed by atoms with Crippen molar-refractivity contribution in [2.45, 2.75) is 58.2 Å². The Morgan fingerprint density at radius 3 is 2.46 bits per heavy atom. The van der Waals surface area contributed by atoms with Crippen molar-refractivity contribution in [2.75, 3.05) is 13.4 Å². The predicted molar refractivity (Wildman–Crippen MR) is 94.6 cm³/mol. The number of nitrogens with one attached hydrogen (secondary N) is 1. The van der Waals surface area contributed by atoms with Gasteiger partial charge in [0, 0.05) is 18.9 Å². The van der Waals surface area contributed by atoms with E-state index in [2.05, 4.69) is 4.98 Å². The third kappa shape index (κ3) is 3.64. The largest absolute Gasteiger partial charge is 0.375 e. The molecule has 0 amide bonds. The molecule has 0 bridgehead atoms. The number of hydrogen-bond acceptors (Lipinski definition) is 7. The quantitative estimate of drug-likeness (QED) is 0.705. The van der Waals surface area contributed by atoms with Crippen LogP contribution in [0.5, 0.6) is 0 Å². The van der Waals surface area contributed by atoms with Gasteiger partial charge in [0.05, 0.1) is 6.26 Å². The lowest BCUT2D eigenvalue weighted by Gasteiger charge is -2.36. The molecule has 2 rings (SSSR count). The van der Waals surface area contributed by atoms with Crippen LogP contribution in [0.2, 0.25) is 0 Å². The van der Waals surface area contributed by atoms with Gasteiger partial charge in [-0.1, -0.05) is 20.8 Å². The Morgan fingerprint density at radius 2 is 2.00 bits per heavy atom. The van der Waals surface area contributed by atoms with Crippen molar-refractivity contribution in [2.24, 2.45) is 5.92 Å². The van der Waals surface area contributed by atoms with E-state index in [4.69, 9.17) is 13.7 Å². The summed E-state index contributed by atoms with van der Waals surface area (Å²) in [5, 5.41) is 0. The van der Waals surface area contributed by atoms with Gasteiger partial charge in [0.1, 0.15) is 11.7 Å². The zero-order chi connectivity index (χ0) is 19.9. The second-order valence-electron chi connectivity index (χ2n) is 6.87. The first-order chi connectivity index (χ1) is 12.0. The monoisotopic (exact) mass is 390 g/mol. The fraction of sp³-hybridized carbons (Fsp3) is 0.750. The van der Waals surface area contributed by atoms with Crippen LogP contribution in [0.1, 0.15) is 39.0 Å². The van der Waals surface area contributed by atoms with Crippen LogP contribution in [0, 0.1) is 12.8 Å². The lowest BCUT2D eigenvalue weighted by molar-refractivity contribution is -0.138. The van der Waals surface area contributed by atoms with Gasteiger partial charge < -0.3 is 9.47 Å². The van der Waals surface area contributed by atoms with Gasteiger partial charge in [-0.25, -0.2) is 4.79 Å². The van der Waals surface area contributed by atoms with E-state index in [-0.39, 0.29) is 5.92 Å². The standard InChI is InChI=1S/C16H26N2O7S/c1-7-16(9(2)3)12(23-5)11(25-26(6,21)22)14(24-16)18-8-10(4)13(19)17-15(18)20/h8-9,11-12,14H,7H2,1-6H3,(H,17,19,20)/t11-,12-,14+,16-/m0/s1. The Bertz CT molecular complexity index is 873. The molecule has 1 aromatic heterocycles. The highest BCUT2D eigenvalue weighted by Crippen LogP contribution is 2.46. The molecule has 0 aliphatic carbocycles. The summed E-state index contributed by atoms with van der Waals surface area (Å²) in [5.74, 6) is -0.0485. The van der Waals surface area contributed by atoms with Crippen LogP contribution in [0.25, 0.3) is 0 Å². The summed E-state index contributed by atoms with van der Waals surface area (Å²) in [6.45, 7) is 7.29. The molecule has 1 saturated heterocycles. The molecule has 26 heavy (non-hydrogen) atoms. The van der Waals surface area contributed by atoms with E-state index in [1.807, 2.05) is 20.8 Å². The van der Waals surface area contributed by atoms with Gasteiger partial charge in [-0.3, -0.25) is 18.5 Å². The van der Waals surface area contributed by atoms with E-state index in [0.717, 1.165) is 10.8 Å². The smallest absolute Gasteiger partial charge is 0.330 e. The van der Waals surface area contributed by atoms with Crippen molar-refractivity contribution >= 4 is 10.1 Å². The minimum Gasteiger partial charge on any atom is -0.375 e. The third-order valence-corrected chi connectivity index (χ3v) is 5.46. The highest BCUT2D eigenvalue weighted by atomic mass is 32.2. The van der Waals surface area contributed by atoms with Crippen LogP contribution in [-0.2, 0) is 23.8 Å². The molecule has 10 heteroatoms. The Labute approximate surface area is 152 Å². The van der Waals surface area contributed by atoms with E-state index in [0.29, 0.717) is 12.0 Å². The molecule has 1 N–H and O–H groups in total. The van der Waals surface area contributed by atoms with Crippen LogP contribution >= 0.6 is 0 Å². The number of aryl methyl sites for hydroxylation is 1. The highest BCUT2D eigenvalue weighted by molar-refractivity contribution is 7.86. The number of aromatic amines is 1. The molecule has 0 spiro atoms. The normalized spacial score (nSPS) is 29.4. The fourth-order valence-corrected chi connectivity index (χ4v) is 4.17. The minimum atomic E-state index is -3.85. The summed E-state index contributed by atoms with van der Waals surface area (Å²) in [6, 6.07) is 0. The molecule has 0 aromatic carbocycles. The average molecular weight is 390 g/mol. The van der Waals surface area contributed by atoms with Gasteiger partial charge >= 0.3 is 5.69 Å². The van der Waals surface area contributed by atoms with Crippen LogP contribution in [-0.4, -0.2) is 49.1 Å². The van der Waals surface area contributed by atoms with Gasteiger partial charge in [-0.2, -0.15) is 8.42 Å². The number of rotatable bonds is 6. The number of aromatic nitrogens is 2. The van der Waals surface area contributed by atoms with E-state index >= 15 is 0 Å². The Kier molecular flexibility index (Phi) is 5.81. The molecule has 148 valence electrons. The molecule has 4 atom stereocenters. The molecular formula is C16H26N2O7S. The SMILES string of the molecule is CC[C@@]1(C(C)C)O[C@@H](n2cc(C)c(=O)[nH]c2=O)[C@@H](OS(C)(=O)=O)[C@@H]1OC. The first kappa shape index (κ1) is 20.8. The minimum absolute atomic E-state index is 0.0485. The maximum Gasteiger partial charge on any atom is 0.330 e. The number of methoxy groups -OCH3 is 1. The van der Waals surface area contributed by atoms with Gasteiger partial charge in [-0.05, 0) is 19.3 Å². The van der Waals surface area contributed by atoms with Crippen molar-refractivity contribution in [3.8, 4) is 0 Å². The molecule has 1 aliphatic rings. The fourth-order valence-electron chi connectivity index (χ4n) is 3.57. The molecule has 0 radical (unpaired) electrons. The number of nitrogens with zero attached hydrogens (tertiary/aromatic N) is 1. The van der Waals surface area contributed by atoms with Crippen LogP contribution in [0.4, 0.5) is 0 Å². The van der Waals surface area contributed by atoms with Crippen LogP contribution in [0.15, 0.2) is 15.8 Å². The maximum atomic E-state index is 12.3. The summed E-state index contributed by atoms with van der Waals surface area (Å²) in [4.78, 5) is 26.2. The lowest BCUT2D eigenvalue weighted by atomic mass is 9.82. The van der Waals surface area contributed by atoms with Crippen LogP contribution in [0.3, 0.4) is 0 Å². The zero-order valence-corrected chi connectivity index (χ0v) is 16.6. The molecule has 1 aromatic rings. The molecule has 9 nitrogen and oxygen atoms in total.